The summed E-state index contributed by atoms with van der Waals surface area (Å²) in [5, 5.41) is 5.99. The molecule has 0 saturated heterocycles. The summed E-state index contributed by atoms with van der Waals surface area (Å²) in [5.41, 5.74) is -1.74. The van der Waals surface area contributed by atoms with Gasteiger partial charge < -0.3 is 15.4 Å². The number of Topliss-reactive ketones (excluding diaryl/α,β-unsaturated/α-hetero) is 1. The monoisotopic (exact) mass is 481 g/mol. The minimum absolute atomic E-state index is 0.0336. The highest BCUT2D eigenvalue weighted by Crippen LogP contribution is 2.60. The molecular weight excluding hydrogens is 460 g/mol. The van der Waals surface area contributed by atoms with Crippen LogP contribution in [0.2, 0.25) is 0 Å². The van der Waals surface area contributed by atoms with Crippen molar-refractivity contribution < 1.29 is 45.4 Å². The predicted molar refractivity (Wildman–Crippen MR) is 98.9 cm³/mol. The lowest BCUT2D eigenvalue weighted by atomic mass is 9.44. The third-order valence-corrected chi connectivity index (χ3v) is 6.32. The minimum atomic E-state index is -4.69. The highest BCUT2D eigenvalue weighted by atomic mass is 19.4. The Morgan fingerprint density at radius 1 is 1.06 bits per heavy atom. The van der Waals surface area contributed by atoms with Crippen LogP contribution < -0.4 is 15.4 Å². The molecule has 1 amide bonds. The Morgan fingerprint density at radius 3 is 2.27 bits per heavy atom. The smallest absolute Gasteiger partial charge is 0.482 e. The van der Waals surface area contributed by atoms with Crippen LogP contribution in [0.1, 0.15) is 37.8 Å². The Morgan fingerprint density at radius 2 is 1.73 bits per heavy atom. The molecule has 4 aliphatic carbocycles. The van der Waals surface area contributed by atoms with Gasteiger partial charge in [-0.2, -0.15) is 13.2 Å². The summed E-state index contributed by atoms with van der Waals surface area (Å²) in [4.78, 5) is 27.5. The van der Waals surface area contributed by atoms with Gasteiger partial charge in [0.25, 0.3) is 5.91 Å². The van der Waals surface area contributed by atoms with Crippen LogP contribution in [-0.2, 0) is 20.5 Å². The van der Waals surface area contributed by atoms with Crippen LogP contribution in [0.25, 0.3) is 0 Å². The van der Waals surface area contributed by atoms with Gasteiger partial charge >= 0.3 is 12.5 Å². The number of aromatic nitrogens is 1. The first-order valence-electron chi connectivity index (χ1n) is 10.3. The highest BCUT2D eigenvalue weighted by molar-refractivity contribution is 5.84. The van der Waals surface area contributed by atoms with E-state index in [4.69, 9.17) is 4.74 Å². The van der Waals surface area contributed by atoms with Crippen LogP contribution in [0.3, 0.4) is 0 Å². The van der Waals surface area contributed by atoms with E-state index in [9.17, 15) is 35.9 Å². The Kier molecular flexibility index (Phi) is 5.84. The largest absolute Gasteiger partial charge is 0.522 e. The fourth-order valence-corrected chi connectivity index (χ4v) is 4.75. The van der Waals surface area contributed by atoms with E-state index in [1.54, 1.807) is 0 Å². The third kappa shape index (κ3) is 5.40. The first kappa shape index (κ1) is 23.7. The summed E-state index contributed by atoms with van der Waals surface area (Å²) in [6, 6.07) is 1.85. The lowest BCUT2D eigenvalue weighted by Crippen LogP contribution is -2.83. The number of carbonyl (C=O) groups is 2. The lowest BCUT2D eigenvalue weighted by molar-refractivity contribution is -0.353. The lowest BCUT2D eigenvalue weighted by Gasteiger charge is -2.70. The molecule has 0 aromatic carbocycles. The van der Waals surface area contributed by atoms with E-state index >= 15 is 0 Å². The molecule has 0 spiro atoms. The zero-order chi connectivity index (χ0) is 24.1. The first-order valence-corrected chi connectivity index (χ1v) is 10.3. The predicted octanol–water partition coefficient (Wildman–Crippen LogP) is 2.74. The number of hydrogen-bond acceptors (Lipinski definition) is 6. The fourth-order valence-electron chi connectivity index (χ4n) is 4.75. The van der Waals surface area contributed by atoms with Crippen molar-refractivity contribution in [3.63, 3.8) is 0 Å². The second kappa shape index (κ2) is 8.12. The fraction of sp³-hybridized carbons (Fsp3) is 0.650. The number of ketones is 1. The molecule has 0 aliphatic heterocycles. The van der Waals surface area contributed by atoms with Gasteiger partial charge in [-0.15, -0.1) is 13.2 Å². The number of nitrogens with one attached hydrogen (secondary N) is 2. The van der Waals surface area contributed by atoms with Gasteiger partial charge in [-0.25, -0.2) is 4.98 Å². The van der Waals surface area contributed by atoms with Gasteiger partial charge in [-0.1, -0.05) is 0 Å². The number of hydrogen-bond donors (Lipinski definition) is 2. The summed E-state index contributed by atoms with van der Waals surface area (Å²) in [6.45, 7) is -0.325. The van der Waals surface area contributed by atoms with E-state index in [2.05, 4.69) is 20.4 Å². The van der Waals surface area contributed by atoms with Crippen molar-refractivity contribution in [1.82, 2.24) is 15.6 Å². The Balaban J connectivity index is 1.12. The van der Waals surface area contributed by atoms with E-state index in [-0.39, 0.29) is 43.1 Å². The van der Waals surface area contributed by atoms with E-state index in [1.165, 1.54) is 0 Å². The quantitative estimate of drug-likeness (QED) is 0.528. The third-order valence-electron chi connectivity index (χ3n) is 6.32. The van der Waals surface area contributed by atoms with Gasteiger partial charge in [-0.05, 0) is 44.2 Å². The van der Waals surface area contributed by atoms with Gasteiger partial charge in [-0.3, -0.25) is 14.3 Å². The normalized spacial score (nSPS) is 30.5. The van der Waals surface area contributed by atoms with Crippen molar-refractivity contribution in [2.45, 2.75) is 61.8 Å². The Bertz CT molecular complexity index is 892. The maximum absolute atomic E-state index is 12.5. The second-order valence-electron chi connectivity index (χ2n) is 8.98. The number of pyridine rings is 1. The molecule has 0 atom stereocenters. The van der Waals surface area contributed by atoms with Crippen molar-refractivity contribution in [3.05, 3.63) is 24.0 Å². The van der Waals surface area contributed by atoms with E-state index in [1.807, 2.05) is 0 Å². The van der Waals surface area contributed by atoms with Crippen LogP contribution >= 0.6 is 0 Å². The molecule has 1 aromatic heterocycles. The zero-order valence-corrected chi connectivity index (χ0v) is 17.2. The average Bonchev–Trinajstić information content (AvgIpc) is 2.62. The summed E-state index contributed by atoms with van der Waals surface area (Å²) in [6.07, 6.45) is -7.40. The Hall–Kier alpha value is -2.41. The van der Waals surface area contributed by atoms with Gasteiger partial charge in [0, 0.05) is 17.0 Å². The number of ether oxygens (including phenoxy) is 2. The van der Waals surface area contributed by atoms with E-state index < -0.39 is 41.7 Å². The summed E-state index contributed by atoms with van der Waals surface area (Å²) >= 11 is 0. The van der Waals surface area contributed by atoms with E-state index in [0.29, 0.717) is 19.3 Å². The Labute approximate surface area is 184 Å². The van der Waals surface area contributed by atoms with Crippen molar-refractivity contribution >= 4 is 11.7 Å². The number of rotatable bonds is 9. The van der Waals surface area contributed by atoms with Gasteiger partial charge in [0.2, 0.25) is 0 Å². The van der Waals surface area contributed by atoms with Gasteiger partial charge in [0.05, 0.1) is 18.8 Å². The molecule has 0 unspecified atom stereocenters. The van der Waals surface area contributed by atoms with E-state index in [0.717, 1.165) is 18.3 Å². The number of halogens is 6. The molecule has 182 valence electrons. The number of alkyl halides is 6. The molecule has 1 aromatic rings. The standard InChI is InChI=1S/C20H21F6N3O4/c21-19(22,23)15-2-1-12(5-27-15)32-7-16(31)29-18-8-17(9-18,10-18)28-6-14(30)11-3-13(4-11)33-20(24,25)26/h1-2,5,11,13,28H,3-4,6-10H2,(H,29,31). The number of carbonyl (C=O) groups excluding carboxylic acids is 2. The molecule has 5 rings (SSSR count). The minimum Gasteiger partial charge on any atom is -0.482 e. The van der Waals surface area contributed by atoms with Crippen LogP contribution in [0, 0.1) is 5.92 Å². The molecule has 2 bridgehead atoms. The molecule has 13 heteroatoms. The molecule has 2 N–H and O–H groups in total. The molecule has 33 heavy (non-hydrogen) atoms. The van der Waals surface area contributed by atoms with Crippen molar-refractivity contribution in [2.24, 2.45) is 5.92 Å². The number of nitrogens with zero attached hydrogens (tertiary/aromatic N) is 1. The molecule has 4 aliphatic rings. The molecule has 4 saturated carbocycles. The average molecular weight is 481 g/mol. The van der Waals surface area contributed by atoms with Crippen LogP contribution in [0.5, 0.6) is 5.75 Å². The van der Waals surface area contributed by atoms with Crippen LogP contribution in [0.15, 0.2) is 18.3 Å². The van der Waals surface area contributed by atoms with Crippen LogP contribution in [0.4, 0.5) is 26.3 Å². The number of amides is 1. The van der Waals surface area contributed by atoms with Crippen LogP contribution in [-0.4, -0.2) is 53.4 Å². The SMILES string of the molecule is O=C(COc1ccc(C(F)(F)F)nc1)NC12CC(NCC(=O)C3CC(OC(F)(F)F)C3)(C1)C2. The highest BCUT2D eigenvalue weighted by Gasteiger charge is 2.68. The molecule has 7 nitrogen and oxygen atoms in total. The summed E-state index contributed by atoms with van der Waals surface area (Å²) in [5.74, 6) is -0.989. The van der Waals surface area contributed by atoms with Crippen molar-refractivity contribution in [3.8, 4) is 5.75 Å². The molecular formula is C20H21F6N3O4. The van der Waals surface area contributed by atoms with Crippen molar-refractivity contribution in [2.75, 3.05) is 13.2 Å². The molecule has 0 radical (unpaired) electrons. The maximum Gasteiger partial charge on any atom is 0.522 e. The van der Waals surface area contributed by atoms with Gasteiger partial charge in [0.15, 0.2) is 6.61 Å². The maximum atomic E-state index is 12.5. The zero-order valence-electron chi connectivity index (χ0n) is 17.2. The molecule has 4 fully saturated rings. The topological polar surface area (TPSA) is 89.5 Å². The summed E-state index contributed by atoms with van der Waals surface area (Å²) < 4.78 is 83.0. The molecule has 1 heterocycles. The summed E-state index contributed by atoms with van der Waals surface area (Å²) in [7, 11) is 0. The van der Waals surface area contributed by atoms with Crippen molar-refractivity contribution in [1.29, 1.82) is 0 Å². The van der Waals surface area contributed by atoms with Gasteiger partial charge in [0.1, 0.15) is 17.2 Å². The first-order chi connectivity index (χ1) is 15.3. The second-order valence-corrected chi connectivity index (χ2v) is 8.98.